The van der Waals surface area contributed by atoms with Gasteiger partial charge in [-0.05, 0) is 19.1 Å². The number of fused-ring (bicyclic) bond motifs is 1. The van der Waals surface area contributed by atoms with Crippen LogP contribution in [-0.2, 0) is 11.3 Å². The normalized spacial score (nSPS) is 10.7. The van der Waals surface area contributed by atoms with E-state index in [0.29, 0.717) is 5.56 Å². The molecule has 1 aromatic carbocycles. The maximum Gasteiger partial charge on any atom is 0.339 e. The fourth-order valence-electron chi connectivity index (χ4n) is 2.00. The zero-order valence-electron chi connectivity index (χ0n) is 10.9. The third-order valence-electron chi connectivity index (χ3n) is 2.90. The van der Waals surface area contributed by atoms with Crippen molar-refractivity contribution in [1.82, 2.24) is 9.97 Å². The van der Waals surface area contributed by atoms with Gasteiger partial charge in [0, 0.05) is 16.5 Å². The Bertz CT molecular complexity index is 754. The molecule has 0 aliphatic carbocycles. The highest BCUT2D eigenvalue weighted by Crippen LogP contribution is 2.19. The van der Waals surface area contributed by atoms with Gasteiger partial charge in [-0.25, -0.2) is 9.78 Å². The number of benzene rings is 1. The molecule has 100 valence electrons. The Morgan fingerprint density at radius 3 is 3.00 bits per heavy atom. The lowest BCUT2D eigenvalue weighted by atomic mass is 10.1. The van der Waals surface area contributed by atoms with Gasteiger partial charge in [0.15, 0.2) is 0 Å². The second-order valence-corrected chi connectivity index (χ2v) is 5.10. The molecule has 4 nitrogen and oxygen atoms in total. The van der Waals surface area contributed by atoms with E-state index in [2.05, 4.69) is 9.97 Å². The van der Waals surface area contributed by atoms with Crippen molar-refractivity contribution in [3.05, 3.63) is 58.2 Å². The van der Waals surface area contributed by atoms with E-state index in [1.54, 1.807) is 11.6 Å². The summed E-state index contributed by atoms with van der Waals surface area (Å²) in [5, 5.41) is 2.67. The van der Waals surface area contributed by atoms with Crippen LogP contribution < -0.4 is 0 Å². The molecule has 0 amide bonds. The van der Waals surface area contributed by atoms with Crippen molar-refractivity contribution in [2.45, 2.75) is 13.5 Å². The van der Waals surface area contributed by atoms with Crippen molar-refractivity contribution < 1.29 is 9.53 Å². The Morgan fingerprint density at radius 1 is 1.35 bits per heavy atom. The number of aryl methyl sites for hydroxylation is 1. The van der Waals surface area contributed by atoms with Crippen molar-refractivity contribution in [1.29, 1.82) is 0 Å². The lowest BCUT2D eigenvalue weighted by molar-refractivity contribution is 0.0470. The fraction of sp³-hybridized carbons (Fsp3) is 0.133. The molecule has 20 heavy (non-hydrogen) atoms. The summed E-state index contributed by atoms with van der Waals surface area (Å²) >= 11 is 1.48. The van der Waals surface area contributed by atoms with E-state index in [4.69, 9.17) is 4.74 Å². The summed E-state index contributed by atoms with van der Waals surface area (Å²) in [6, 6.07) is 9.31. The molecule has 3 aromatic rings. The van der Waals surface area contributed by atoms with Crippen LogP contribution in [0.3, 0.4) is 0 Å². The number of aromatic nitrogens is 2. The molecule has 0 saturated heterocycles. The van der Waals surface area contributed by atoms with Crippen LogP contribution in [0.25, 0.3) is 10.9 Å². The van der Waals surface area contributed by atoms with Crippen LogP contribution in [-0.4, -0.2) is 15.9 Å². The first-order valence-electron chi connectivity index (χ1n) is 6.14. The highest BCUT2D eigenvalue weighted by molar-refractivity contribution is 7.07. The van der Waals surface area contributed by atoms with Crippen molar-refractivity contribution in [2.24, 2.45) is 0 Å². The average molecular weight is 284 g/mol. The molecule has 2 heterocycles. The number of ether oxygens (including phenoxy) is 1. The van der Waals surface area contributed by atoms with Gasteiger partial charge >= 0.3 is 5.97 Å². The first-order valence-corrected chi connectivity index (χ1v) is 7.09. The summed E-state index contributed by atoms with van der Waals surface area (Å²) in [7, 11) is 0. The van der Waals surface area contributed by atoms with E-state index in [-0.39, 0.29) is 12.6 Å². The zero-order chi connectivity index (χ0) is 13.9. The minimum Gasteiger partial charge on any atom is -0.456 e. The number of esters is 1. The summed E-state index contributed by atoms with van der Waals surface area (Å²) in [5.41, 5.74) is 4.62. The first-order chi connectivity index (χ1) is 9.74. The van der Waals surface area contributed by atoms with Crippen molar-refractivity contribution in [3.8, 4) is 0 Å². The molecule has 5 heteroatoms. The van der Waals surface area contributed by atoms with Crippen LogP contribution in [0.15, 0.2) is 41.2 Å². The smallest absolute Gasteiger partial charge is 0.339 e. The lowest BCUT2D eigenvalue weighted by Crippen LogP contribution is -2.07. The average Bonchev–Trinajstić information content (AvgIpc) is 2.97. The minimum atomic E-state index is -0.347. The standard InChI is InChI=1S/C15H12N2O2S/c1-10-6-13(12-4-2-3-5-14(12)17-10)15(18)19-7-11-8-20-9-16-11/h2-6,8-9H,7H2,1H3. The number of pyridine rings is 1. The third kappa shape index (κ3) is 2.53. The molecule has 0 fully saturated rings. The van der Waals surface area contributed by atoms with Gasteiger partial charge in [0.05, 0.1) is 22.3 Å². The Labute approximate surface area is 120 Å². The summed E-state index contributed by atoms with van der Waals surface area (Å²) in [6.07, 6.45) is 0. The van der Waals surface area contributed by atoms with E-state index >= 15 is 0 Å². The van der Waals surface area contributed by atoms with E-state index in [0.717, 1.165) is 22.3 Å². The molecule has 0 aliphatic heterocycles. The summed E-state index contributed by atoms with van der Waals surface area (Å²) < 4.78 is 5.31. The van der Waals surface area contributed by atoms with Gasteiger partial charge in [0.25, 0.3) is 0 Å². The molecule has 0 atom stereocenters. The SMILES string of the molecule is Cc1cc(C(=O)OCc2cscn2)c2ccccc2n1. The van der Waals surface area contributed by atoms with Gasteiger partial charge in [-0.1, -0.05) is 18.2 Å². The van der Waals surface area contributed by atoms with E-state index in [1.807, 2.05) is 36.6 Å². The van der Waals surface area contributed by atoms with Gasteiger partial charge in [-0.3, -0.25) is 4.98 Å². The fourth-order valence-corrected chi connectivity index (χ4v) is 2.55. The molecule has 0 unspecified atom stereocenters. The van der Waals surface area contributed by atoms with E-state index in [1.165, 1.54) is 11.3 Å². The number of carbonyl (C=O) groups excluding carboxylic acids is 1. The van der Waals surface area contributed by atoms with Crippen LogP contribution >= 0.6 is 11.3 Å². The molecule has 0 aliphatic rings. The second-order valence-electron chi connectivity index (χ2n) is 4.38. The minimum absolute atomic E-state index is 0.192. The van der Waals surface area contributed by atoms with Crippen LogP contribution in [0.1, 0.15) is 21.7 Å². The number of rotatable bonds is 3. The zero-order valence-corrected chi connectivity index (χ0v) is 11.7. The number of hydrogen-bond donors (Lipinski definition) is 0. The Balaban J connectivity index is 1.90. The van der Waals surface area contributed by atoms with Crippen molar-refractivity contribution in [2.75, 3.05) is 0 Å². The molecule has 0 saturated carbocycles. The number of para-hydroxylation sites is 1. The van der Waals surface area contributed by atoms with Crippen LogP contribution in [0.4, 0.5) is 0 Å². The summed E-state index contributed by atoms with van der Waals surface area (Å²) in [6.45, 7) is 2.06. The lowest BCUT2D eigenvalue weighted by Gasteiger charge is -2.07. The van der Waals surface area contributed by atoms with Gasteiger partial charge in [-0.2, -0.15) is 0 Å². The number of thiazole rings is 1. The maximum atomic E-state index is 12.2. The van der Waals surface area contributed by atoms with Gasteiger partial charge in [0.2, 0.25) is 0 Å². The van der Waals surface area contributed by atoms with Crippen LogP contribution in [0.5, 0.6) is 0 Å². The monoisotopic (exact) mass is 284 g/mol. The molecule has 3 rings (SSSR count). The number of hydrogen-bond acceptors (Lipinski definition) is 5. The van der Waals surface area contributed by atoms with Gasteiger partial charge in [-0.15, -0.1) is 11.3 Å². The highest BCUT2D eigenvalue weighted by Gasteiger charge is 2.13. The molecular weight excluding hydrogens is 272 g/mol. The molecule has 2 aromatic heterocycles. The molecule has 0 bridgehead atoms. The van der Waals surface area contributed by atoms with Crippen molar-refractivity contribution in [3.63, 3.8) is 0 Å². The largest absolute Gasteiger partial charge is 0.456 e. The molecular formula is C15H12N2O2S. The third-order valence-corrected chi connectivity index (χ3v) is 3.53. The Kier molecular flexibility index (Phi) is 3.43. The van der Waals surface area contributed by atoms with Crippen molar-refractivity contribution >= 4 is 28.2 Å². The predicted molar refractivity (Wildman–Crippen MR) is 77.7 cm³/mol. The predicted octanol–water partition coefficient (Wildman–Crippen LogP) is 3.36. The van der Waals surface area contributed by atoms with Crippen LogP contribution in [0, 0.1) is 6.92 Å². The molecule has 0 radical (unpaired) electrons. The van der Waals surface area contributed by atoms with E-state index in [9.17, 15) is 4.79 Å². The molecule has 0 N–H and O–H groups in total. The second kappa shape index (κ2) is 5.38. The van der Waals surface area contributed by atoms with Gasteiger partial charge in [0.1, 0.15) is 6.61 Å². The Morgan fingerprint density at radius 2 is 2.20 bits per heavy atom. The maximum absolute atomic E-state index is 12.2. The topological polar surface area (TPSA) is 52.1 Å². The summed E-state index contributed by atoms with van der Waals surface area (Å²) in [5.74, 6) is -0.347. The van der Waals surface area contributed by atoms with E-state index < -0.39 is 0 Å². The summed E-state index contributed by atoms with van der Waals surface area (Å²) in [4.78, 5) is 20.7. The van der Waals surface area contributed by atoms with Gasteiger partial charge < -0.3 is 4.74 Å². The molecule has 0 spiro atoms. The highest BCUT2D eigenvalue weighted by atomic mass is 32.1. The first kappa shape index (κ1) is 12.7. The quantitative estimate of drug-likeness (QED) is 0.692. The van der Waals surface area contributed by atoms with Crippen LogP contribution in [0.2, 0.25) is 0 Å². The number of nitrogens with zero attached hydrogens (tertiary/aromatic N) is 2. The number of carbonyl (C=O) groups is 1. The Hall–Kier alpha value is -2.27.